The van der Waals surface area contributed by atoms with Gasteiger partial charge in [-0.1, -0.05) is 5.16 Å². The largest absolute Gasteiger partial charge is 0.469 e. The molecule has 0 radical (unpaired) electrons. The van der Waals surface area contributed by atoms with Crippen LogP contribution in [-0.2, 0) is 9.53 Å². The first kappa shape index (κ1) is 20.9. The van der Waals surface area contributed by atoms with E-state index in [9.17, 15) is 18.4 Å². The van der Waals surface area contributed by atoms with Crippen molar-refractivity contribution in [2.24, 2.45) is 5.92 Å². The number of hydrogen-bond acceptors (Lipinski definition) is 6. The van der Waals surface area contributed by atoms with Gasteiger partial charge in [-0.15, -0.1) is 0 Å². The topological polar surface area (TPSA) is 84.7 Å². The van der Waals surface area contributed by atoms with E-state index in [0.717, 1.165) is 18.7 Å². The lowest BCUT2D eigenvalue weighted by molar-refractivity contribution is -0.148. The van der Waals surface area contributed by atoms with Crippen molar-refractivity contribution in [2.75, 3.05) is 20.2 Å². The number of nitrogens with zero attached hydrogens (tertiary/aromatic N) is 2. The Balaban J connectivity index is 1.74. The smallest absolute Gasteiger partial charge is 0.312 e. The van der Waals surface area contributed by atoms with Crippen LogP contribution < -0.4 is 5.32 Å². The third-order valence-electron chi connectivity index (χ3n) is 5.13. The van der Waals surface area contributed by atoms with Crippen molar-refractivity contribution < 1.29 is 27.6 Å². The number of ether oxygens (including phenoxy) is 1. The lowest BCUT2D eigenvalue weighted by Gasteiger charge is -2.39. The predicted octanol–water partition coefficient (Wildman–Crippen LogP) is 2.62. The van der Waals surface area contributed by atoms with Gasteiger partial charge in [0, 0.05) is 37.3 Å². The Morgan fingerprint density at radius 2 is 2.07 bits per heavy atom. The number of esters is 1. The molecule has 1 aromatic carbocycles. The lowest BCUT2D eigenvalue weighted by atomic mass is 9.91. The van der Waals surface area contributed by atoms with Crippen LogP contribution >= 0.6 is 0 Å². The quantitative estimate of drug-likeness (QED) is 0.767. The number of aromatic nitrogens is 1. The van der Waals surface area contributed by atoms with Gasteiger partial charge in [-0.05, 0) is 32.4 Å². The highest BCUT2D eigenvalue weighted by atomic mass is 19.1. The number of piperidine rings is 1. The number of methoxy groups -OCH3 is 1. The number of rotatable bonds is 5. The van der Waals surface area contributed by atoms with Crippen LogP contribution in [0.3, 0.4) is 0 Å². The highest BCUT2D eigenvalue weighted by molar-refractivity contribution is 5.93. The third-order valence-corrected chi connectivity index (χ3v) is 5.13. The van der Waals surface area contributed by atoms with Gasteiger partial charge in [-0.3, -0.25) is 14.5 Å². The first-order valence-electron chi connectivity index (χ1n) is 9.35. The zero-order chi connectivity index (χ0) is 21.1. The van der Waals surface area contributed by atoms with Crippen molar-refractivity contribution in [3.63, 3.8) is 0 Å². The molecule has 7 nitrogen and oxygen atoms in total. The van der Waals surface area contributed by atoms with Crippen molar-refractivity contribution in [1.29, 1.82) is 0 Å². The Bertz CT molecular complexity index is 900. The van der Waals surface area contributed by atoms with Crippen LogP contribution in [0.25, 0.3) is 11.3 Å². The van der Waals surface area contributed by atoms with E-state index in [2.05, 4.69) is 15.4 Å². The van der Waals surface area contributed by atoms with Crippen molar-refractivity contribution in [3.05, 3.63) is 41.6 Å². The Morgan fingerprint density at radius 1 is 1.31 bits per heavy atom. The van der Waals surface area contributed by atoms with Crippen LogP contribution in [0.15, 0.2) is 28.8 Å². The minimum atomic E-state index is -0.820. The molecule has 1 aliphatic heterocycles. The lowest BCUT2D eigenvalue weighted by Crippen LogP contribution is -2.55. The van der Waals surface area contributed by atoms with E-state index in [1.807, 2.05) is 13.8 Å². The molecule has 3 rings (SSSR count). The Labute approximate surface area is 167 Å². The highest BCUT2D eigenvalue weighted by Gasteiger charge is 2.37. The summed E-state index contributed by atoms with van der Waals surface area (Å²) >= 11 is 0. The van der Waals surface area contributed by atoms with E-state index in [1.165, 1.54) is 19.2 Å². The summed E-state index contributed by atoms with van der Waals surface area (Å²) in [5.41, 5.74) is -0.0609. The number of carbonyl (C=O) groups excluding carboxylic acids is 2. The molecule has 9 heteroatoms. The number of nitrogens with one attached hydrogen (secondary N) is 1. The molecule has 156 valence electrons. The second-order valence-electron chi connectivity index (χ2n) is 7.29. The summed E-state index contributed by atoms with van der Waals surface area (Å²) < 4.78 is 36.9. The molecular formula is C20H23F2N3O4. The molecule has 1 fully saturated rings. The van der Waals surface area contributed by atoms with E-state index in [1.54, 1.807) is 0 Å². The van der Waals surface area contributed by atoms with Gasteiger partial charge in [0.1, 0.15) is 11.6 Å². The molecule has 1 saturated heterocycles. The van der Waals surface area contributed by atoms with Gasteiger partial charge in [-0.25, -0.2) is 8.78 Å². The van der Waals surface area contributed by atoms with E-state index in [0.29, 0.717) is 13.0 Å². The molecule has 0 unspecified atom stereocenters. The summed E-state index contributed by atoms with van der Waals surface area (Å²) in [5.74, 6) is -2.98. The van der Waals surface area contributed by atoms with Gasteiger partial charge in [0.15, 0.2) is 11.5 Å². The summed E-state index contributed by atoms with van der Waals surface area (Å²) in [7, 11) is 1.32. The molecule has 0 bridgehead atoms. The molecule has 2 atom stereocenters. The van der Waals surface area contributed by atoms with Gasteiger partial charge in [0.25, 0.3) is 5.91 Å². The van der Waals surface area contributed by atoms with Crippen LogP contribution in [0.2, 0.25) is 0 Å². The minimum absolute atomic E-state index is 0.00405. The molecule has 29 heavy (non-hydrogen) atoms. The van der Waals surface area contributed by atoms with Gasteiger partial charge < -0.3 is 14.6 Å². The van der Waals surface area contributed by atoms with Crippen LogP contribution in [0.4, 0.5) is 8.78 Å². The molecule has 0 saturated carbocycles. The zero-order valence-corrected chi connectivity index (χ0v) is 16.4. The molecule has 2 heterocycles. The molecule has 1 amide bonds. The number of hydrogen-bond donors (Lipinski definition) is 1. The first-order chi connectivity index (χ1) is 13.8. The van der Waals surface area contributed by atoms with Gasteiger partial charge in [-0.2, -0.15) is 0 Å². The molecule has 0 aliphatic carbocycles. The van der Waals surface area contributed by atoms with Crippen LogP contribution in [0.5, 0.6) is 0 Å². The Morgan fingerprint density at radius 3 is 2.72 bits per heavy atom. The summed E-state index contributed by atoms with van der Waals surface area (Å²) in [6, 6.07) is 4.14. The summed E-state index contributed by atoms with van der Waals surface area (Å²) in [4.78, 5) is 27.0. The van der Waals surface area contributed by atoms with E-state index >= 15 is 0 Å². The highest BCUT2D eigenvalue weighted by Crippen LogP contribution is 2.25. The monoisotopic (exact) mass is 407 g/mol. The molecule has 0 spiro atoms. The predicted molar refractivity (Wildman–Crippen MR) is 99.9 cm³/mol. The maximum Gasteiger partial charge on any atom is 0.312 e. The van der Waals surface area contributed by atoms with E-state index < -0.39 is 35.5 Å². The Hall–Kier alpha value is -2.81. The number of likely N-dealkylation sites (tertiary alicyclic amines) is 1. The zero-order valence-electron chi connectivity index (χ0n) is 16.4. The molecule has 2 aromatic rings. The average molecular weight is 407 g/mol. The fourth-order valence-electron chi connectivity index (χ4n) is 3.45. The number of amides is 1. The number of benzene rings is 1. The summed E-state index contributed by atoms with van der Waals surface area (Å²) in [5, 5.41) is 6.49. The number of carbonyl (C=O) groups is 2. The fourth-order valence-corrected chi connectivity index (χ4v) is 3.45. The van der Waals surface area contributed by atoms with Gasteiger partial charge >= 0.3 is 5.97 Å². The van der Waals surface area contributed by atoms with Crippen molar-refractivity contribution >= 4 is 11.9 Å². The van der Waals surface area contributed by atoms with E-state index in [4.69, 9.17) is 9.26 Å². The minimum Gasteiger partial charge on any atom is -0.469 e. The third kappa shape index (κ3) is 4.61. The van der Waals surface area contributed by atoms with Crippen LogP contribution in [0.1, 0.15) is 30.8 Å². The standard InChI is InChI=1S/C20H23F2N3O4/c1-11(2)25-7-6-16(14(10-25)20(27)28-3)23-19(26)17-9-18(29-24-17)13-5-4-12(21)8-15(13)22/h4-5,8-9,11,14,16H,6-7,10H2,1-3H3,(H,23,26)/t14-,16-/m0/s1. The van der Waals surface area contributed by atoms with Gasteiger partial charge in [0.2, 0.25) is 0 Å². The maximum atomic E-state index is 13.9. The average Bonchev–Trinajstić information content (AvgIpc) is 3.17. The molecular weight excluding hydrogens is 384 g/mol. The maximum absolute atomic E-state index is 13.9. The summed E-state index contributed by atoms with van der Waals surface area (Å²) in [6.07, 6.45) is 0.570. The van der Waals surface area contributed by atoms with Crippen molar-refractivity contribution in [2.45, 2.75) is 32.4 Å². The second-order valence-corrected chi connectivity index (χ2v) is 7.29. The van der Waals surface area contributed by atoms with Crippen molar-refractivity contribution in [3.8, 4) is 11.3 Å². The van der Waals surface area contributed by atoms with Gasteiger partial charge in [0.05, 0.1) is 18.6 Å². The first-order valence-corrected chi connectivity index (χ1v) is 9.35. The van der Waals surface area contributed by atoms with Crippen LogP contribution in [0, 0.1) is 17.6 Å². The van der Waals surface area contributed by atoms with E-state index in [-0.39, 0.29) is 23.1 Å². The van der Waals surface area contributed by atoms with Crippen molar-refractivity contribution in [1.82, 2.24) is 15.4 Å². The number of halogens is 2. The SMILES string of the molecule is COC(=O)[C@H]1CN(C(C)C)CC[C@@H]1NC(=O)c1cc(-c2ccc(F)cc2F)on1. The second kappa shape index (κ2) is 8.69. The summed E-state index contributed by atoms with van der Waals surface area (Å²) in [6.45, 7) is 5.28. The van der Waals surface area contributed by atoms with Crippen LogP contribution in [-0.4, -0.2) is 54.2 Å². The molecule has 1 aromatic heterocycles. The molecule has 1 N–H and O–H groups in total. The molecule has 1 aliphatic rings. The Kier molecular flexibility index (Phi) is 6.26. The fraction of sp³-hybridized carbons (Fsp3) is 0.450. The normalized spacial score (nSPS) is 19.9.